The van der Waals surface area contributed by atoms with Crippen molar-refractivity contribution in [2.24, 2.45) is 5.73 Å². The molecule has 2 aromatic heterocycles. The molecule has 0 aliphatic heterocycles. The van der Waals surface area contributed by atoms with Crippen LogP contribution in [0.2, 0.25) is 0 Å². The van der Waals surface area contributed by atoms with Crippen LogP contribution in [0.1, 0.15) is 38.2 Å². The van der Waals surface area contributed by atoms with Crippen LogP contribution in [0.3, 0.4) is 0 Å². The SMILES string of the molecule is Cc1nc(CCN)sc1C(=O)N(C)CC(C)c1nccs1.O=C(O)C(F)(F)F. The number of amides is 1. The van der Waals surface area contributed by atoms with Gasteiger partial charge in [0.05, 0.1) is 15.7 Å². The van der Waals surface area contributed by atoms with Gasteiger partial charge in [0.2, 0.25) is 0 Å². The van der Waals surface area contributed by atoms with Crippen LogP contribution in [0.5, 0.6) is 0 Å². The molecule has 1 unspecified atom stereocenters. The second-order valence-corrected chi connectivity index (χ2v) is 7.83. The summed E-state index contributed by atoms with van der Waals surface area (Å²) in [5.74, 6) is -2.50. The predicted molar refractivity (Wildman–Crippen MR) is 101 cm³/mol. The van der Waals surface area contributed by atoms with E-state index in [1.165, 1.54) is 11.3 Å². The van der Waals surface area contributed by atoms with Gasteiger partial charge in [-0.3, -0.25) is 4.79 Å². The molecule has 7 nitrogen and oxygen atoms in total. The lowest BCUT2D eigenvalue weighted by molar-refractivity contribution is -0.192. The number of carbonyl (C=O) groups excluding carboxylic acids is 1. The van der Waals surface area contributed by atoms with Crippen LogP contribution >= 0.6 is 22.7 Å². The predicted octanol–water partition coefficient (Wildman–Crippen LogP) is 2.92. The minimum Gasteiger partial charge on any atom is -0.475 e. The smallest absolute Gasteiger partial charge is 0.475 e. The number of aryl methyl sites for hydroxylation is 1. The quantitative estimate of drug-likeness (QED) is 0.718. The minimum absolute atomic E-state index is 0.0247. The number of hydrogen-bond donors (Lipinski definition) is 2. The summed E-state index contributed by atoms with van der Waals surface area (Å²) in [5, 5.41) is 11.1. The Balaban J connectivity index is 0.000000480. The van der Waals surface area contributed by atoms with Gasteiger partial charge in [0.25, 0.3) is 5.91 Å². The highest BCUT2D eigenvalue weighted by atomic mass is 32.1. The first-order valence-corrected chi connectivity index (χ1v) is 9.78. The van der Waals surface area contributed by atoms with E-state index in [9.17, 15) is 18.0 Å². The molecular weight excluding hydrogens is 417 g/mol. The third-order valence-corrected chi connectivity index (χ3v) is 5.62. The van der Waals surface area contributed by atoms with Gasteiger partial charge in [-0.1, -0.05) is 6.92 Å². The molecule has 0 saturated carbocycles. The van der Waals surface area contributed by atoms with Crippen LogP contribution in [-0.2, 0) is 11.2 Å². The Hall–Kier alpha value is -2.05. The molecule has 12 heteroatoms. The lowest BCUT2D eigenvalue weighted by atomic mass is 10.2. The lowest BCUT2D eigenvalue weighted by Gasteiger charge is -2.20. The fourth-order valence-corrected chi connectivity index (χ4v) is 3.87. The molecule has 3 N–H and O–H groups in total. The molecule has 0 radical (unpaired) electrons. The molecule has 156 valence electrons. The molecule has 0 aromatic carbocycles. The molecule has 0 aliphatic carbocycles. The molecule has 0 aliphatic rings. The summed E-state index contributed by atoms with van der Waals surface area (Å²) in [6.45, 7) is 5.16. The second-order valence-electron chi connectivity index (χ2n) is 5.82. The summed E-state index contributed by atoms with van der Waals surface area (Å²) < 4.78 is 31.7. The average molecular weight is 438 g/mol. The van der Waals surface area contributed by atoms with E-state index in [-0.39, 0.29) is 11.8 Å². The van der Waals surface area contributed by atoms with E-state index in [1.54, 1.807) is 22.4 Å². The van der Waals surface area contributed by atoms with Gasteiger partial charge >= 0.3 is 12.1 Å². The van der Waals surface area contributed by atoms with Gasteiger partial charge in [0.1, 0.15) is 4.88 Å². The fraction of sp³-hybridized carbons (Fsp3) is 0.500. The number of nitrogens with zero attached hydrogens (tertiary/aromatic N) is 3. The molecule has 1 amide bonds. The number of carboxylic acid groups (broad SMARTS) is 1. The highest BCUT2D eigenvalue weighted by Gasteiger charge is 2.38. The number of nitrogens with two attached hydrogens (primary N) is 1. The highest BCUT2D eigenvalue weighted by molar-refractivity contribution is 7.13. The zero-order chi connectivity index (χ0) is 21.5. The van der Waals surface area contributed by atoms with E-state index in [4.69, 9.17) is 15.6 Å². The van der Waals surface area contributed by atoms with Crippen molar-refractivity contribution < 1.29 is 27.9 Å². The molecule has 2 heterocycles. The number of aliphatic carboxylic acids is 1. The van der Waals surface area contributed by atoms with E-state index in [2.05, 4.69) is 16.9 Å². The molecule has 0 fully saturated rings. The standard InChI is InChI=1S/C14H20N4OS2.C2HF3O2/c1-9(13-16-6-7-20-13)8-18(3)14(19)12-10(2)17-11(21-12)4-5-15;3-2(4,5)1(6)7/h6-7,9H,4-5,8,15H2,1-3H3;(H,6,7). The maximum absolute atomic E-state index is 12.5. The normalized spacial score (nSPS) is 12.1. The molecule has 2 aromatic rings. The Labute approximate surface area is 168 Å². The monoisotopic (exact) mass is 438 g/mol. The van der Waals surface area contributed by atoms with Gasteiger partial charge in [0.15, 0.2) is 0 Å². The van der Waals surface area contributed by atoms with Gasteiger partial charge < -0.3 is 15.7 Å². The van der Waals surface area contributed by atoms with Crippen LogP contribution < -0.4 is 5.73 Å². The largest absolute Gasteiger partial charge is 0.490 e. The van der Waals surface area contributed by atoms with Crippen molar-refractivity contribution in [2.75, 3.05) is 20.1 Å². The zero-order valence-electron chi connectivity index (χ0n) is 15.5. The Bertz CT molecular complexity index is 779. The summed E-state index contributed by atoms with van der Waals surface area (Å²) in [4.78, 5) is 32.6. The number of thiazole rings is 2. The van der Waals surface area contributed by atoms with Gasteiger partial charge in [-0.15, -0.1) is 22.7 Å². The maximum Gasteiger partial charge on any atom is 0.490 e. The topological polar surface area (TPSA) is 109 Å². The van der Waals surface area contributed by atoms with Crippen molar-refractivity contribution in [3.8, 4) is 0 Å². The summed E-state index contributed by atoms with van der Waals surface area (Å²) in [6.07, 6.45) is -2.57. The van der Waals surface area contributed by atoms with Crippen LogP contribution in [0, 0.1) is 6.92 Å². The number of likely N-dealkylation sites (N-methyl/N-ethyl adjacent to an activating group) is 1. The molecule has 2 rings (SSSR count). The summed E-state index contributed by atoms with van der Waals surface area (Å²) in [7, 11) is 1.83. The van der Waals surface area contributed by atoms with Crippen molar-refractivity contribution in [3.05, 3.63) is 32.2 Å². The van der Waals surface area contributed by atoms with Gasteiger partial charge in [-0.2, -0.15) is 13.2 Å². The zero-order valence-corrected chi connectivity index (χ0v) is 17.1. The van der Waals surface area contributed by atoms with E-state index in [1.807, 2.05) is 19.4 Å². The fourth-order valence-electron chi connectivity index (χ4n) is 2.10. The third-order valence-electron chi connectivity index (χ3n) is 3.40. The number of halogens is 3. The van der Waals surface area contributed by atoms with Crippen molar-refractivity contribution in [1.29, 1.82) is 0 Å². The average Bonchev–Trinajstić information content (AvgIpc) is 3.24. The van der Waals surface area contributed by atoms with Crippen LogP contribution in [0.25, 0.3) is 0 Å². The Morgan fingerprint density at radius 3 is 2.46 bits per heavy atom. The van der Waals surface area contributed by atoms with Crippen molar-refractivity contribution in [2.45, 2.75) is 32.4 Å². The highest BCUT2D eigenvalue weighted by Crippen LogP contribution is 2.23. The maximum atomic E-state index is 12.5. The molecular formula is C16H21F3N4O3S2. The molecule has 0 saturated heterocycles. The van der Waals surface area contributed by atoms with Crippen LogP contribution in [0.4, 0.5) is 13.2 Å². The summed E-state index contributed by atoms with van der Waals surface area (Å²) in [5.41, 5.74) is 6.34. The van der Waals surface area contributed by atoms with Gasteiger partial charge in [-0.25, -0.2) is 14.8 Å². The van der Waals surface area contributed by atoms with E-state index in [0.717, 1.165) is 22.1 Å². The first-order valence-electron chi connectivity index (χ1n) is 8.08. The number of alkyl halides is 3. The van der Waals surface area contributed by atoms with Crippen molar-refractivity contribution in [1.82, 2.24) is 14.9 Å². The van der Waals surface area contributed by atoms with Crippen molar-refractivity contribution >= 4 is 34.6 Å². The number of hydrogen-bond acceptors (Lipinski definition) is 7. The Morgan fingerprint density at radius 1 is 1.39 bits per heavy atom. The molecule has 0 bridgehead atoms. The number of rotatable bonds is 6. The van der Waals surface area contributed by atoms with E-state index in [0.29, 0.717) is 18.0 Å². The minimum atomic E-state index is -5.08. The summed E-state index contributed by atoms with van der Waals surface area (Å²) >= 11 is 3.07. The van der Waals surface area contributed by atoms with Crippen molar-refractivity contribution in [3.63, 3.8) is 0 Å². The Kier molecular flexibility index (Phi) is 8.98. The first kappa shape index (κ1) is 24.0. The Morgan fingerprint density at radius 2 is 2.00 bits per heavy atom. The summed E-state index contributed by atoms with van der Waals surface area (Å²) in [6, 6.07) is 0. The molecule has 1 atom stereocenters. The van der Waals surface area contributed by atoms with E-state index < -0.39 is 12.1 Å². The third kappa shape index (κ3) is 7.17. The van der Waals surface area contributed by atoms with Crippen LogP contribution in [-0.4, -0.2) is 58.2 Å². The molecule has 0 spiro atoms. The lowest BCUT2D eigenvalue weighted by Crippen LogP contribution is -2.30. The van der Waals surface area contributed by atoms with Gasteiger partial charge in [-0.05, 0) is 13.5 Å². The molecule has 28 heavy (non-hydrogen) atoms. The number of carboxylic acids is 1. The van der Waals surface area contributed by atoms with Crippen LogP contribution in [0.15, 0.2) is 11.6 Å². The second kappa shape index (κ2) is 10.5. The van der Waals surface area contributed by atoms with E-state index >= 15 is 0 Å². The van der Waals surface area contributed by atoms with Gasteiger partial charge in [0, 0.05) is 37.5 Å². The number of carbonyl (C=O) groups is 2. The first-order chi connectivity index (χ1) is 13.0. The number of aromatic nitrogens is 2.